The number of hydrogen-bond acceptors (Lipinski definition) is 10. The van der Waals surface area contributed by atoms with E-state index in [2.05, 4.69) is 88.1 Å². The van der Waals surface area contributed by atoms with E-state index in [1.807, 2.05) is 55.3 Å². The van der Waals surface area contributed by atoms with Crippen LogP contribution in [0.3, 0.4) is 0 Å². The number of carbonyl (C=O) groups excluding carboxylic acids is 2. The number of allylic oxidation sites excluding steroid dienone is 1. The fourth-order valence-electron chi connectivity index (χ4n) is 5.60. The molecule has 1 amide bonds. The van der Waals surface area contributed by atoms with Crippen molar-refractivity contribution in [1.29, 1.82) is 0 Å². The van der Waals surface area contributed by atoms with Crippen molar-refractivity contribution in [3.05, 3.63) is 136 Å². The molecule has 0 fully saturated rings. The van der Waals surface area contributed by atoms with E-state index in [0.29, 0.717) is 27.9 Å². The molecule has 0 saturated carbocycles. The van der Waals surface area contributed by atoms with E-state index in [0.717, 1.165) is 5.75 Å². The number of aliphatic imine (C=N–C) groups is 1. The van der Waals surface area contributed by atoms with Gasteiger partial charge in [0.25, 0.3) is 0 Å². The average molecular weight is 757 g/mol. The number of ether oxygens (including phenoxy) is 1. The fourth-order valence-corrected chi connectivity index (χ4v) is 8.99. The molecule has 0 bridgehead atoms. The summed E-state index contributed by atoms with van der Waals surface area (Å²) in [6, 6.07) is 30.6. The van der Waals surface area contributed by atoms with Gasteiger partial charge in [0.1, 0.15) is 27.9 Å². The summed E-state index contributed by atoms with van der Waals surface area (Å²) in [5.74, 6) is -0.893. The summed E-state index contributed by atoms with van der Waals surface area (Å²) in [6.45, 7) is 5.45. The predicted molar refractivity (Wildman–Crippen MR) is 212 cm³/mol. The van der Waals surface area contributed by atoms with Gasteiger partial charge >= 0.3 is 11.9 Å². The first-order valence-corrected chi connectivity index (χ1v) is 20.0. The molecule has 0 radical (unpaired) electrons. The van der Waals surface area contributed by atoms with Crippen molar-refractivity contribution in [2.45, 2.75) is 62.6 Å². The number of esters is 1. The molecule has 0 aliphatic carbocycles. The van der Waals surface area contributed by atoms with Crippen LogP contribution in [0.1, 0.15) is 61.0 Å². The van der Waals surface area contributed by atoms with Gasteiger partial charge in [0, 0.05) is 11.1 Å². The van der Waals surface area contributed by atoms with Gasteiger partial charge in [-0.1, -0.05) is 111 Å². The smallest absolute Gasteiger partial charge is 0.332 e. The topological polar surface area (TPSA) is 144 Å². The van der Waals surface area contributed by atoms with Crippen LogP contribution in [0.15, 0.2) is 114 Å². The highest BCUT2D eigenvalue weighted by atomic mass is 32.2. The van der Waals surface area contributed by atoms with Crippen molar-refractivity contribution in [2.75, 3.05) is 11.5 Å². The molecule has 1 aliphatic heterocycles. The highest BCUT2D eigenvalue weighted by Crippen LogP contribution is 2.48. The fraction of sp³-hybridized carbons (Fsp3) is 0.325. The Morgan fingerprint density at radius 3 is 2.10 bits per heavy atom. The Balaban J connectivity index is 1.26. The van der Waals surface area contributed by atoms with Crippen LogP contribution in [0.4, 0.5) is 0 Å². The number of hydrogen-bond donors (Lipinski definition) is 3. The second-order valence-electron chi connectivity index (χ2n) is 13.0. The van der Waals surface area contributed by atoms with E-state index in [9.17, 15) is 19.5 Å². The van der Waals surface area contributed by atoms with Crippen LogP contribution in [-0.4, -0.2) is 62.2 Å². The SMILES string of the molecule is CC(C)[C@H](N)C(=O)O[C@H](/C=C/CCSC(c1ccccc1)(c1ccccc1)c1ccccc1)CC(=O)NCc1nc(C2=N[C@](C)(C(=O)O)CS2)cs1. The van der Waals surface area contributed by atoms with Crippen molar-refractivity contribution in [3.63, 3.8) is 0 Å². The highest BCUT2D eigenvalue weighted by molar-refractivity contribution is 8.14. The van der Waals surface area contributed by atoms with E-state index in [1.165, 1.54) is 39.8 Å². The number of rotatable bonds is 17. The van der Waals surface area contributed by atoms with Gasteiger partial charge in [-0.3, -0.25) is 14.6 Å². The molecule has 5 rings (SSSR count). The molecule has 1 aromatic heterocycles. The lowest BCUT2D eigenvalue weighted by atomic mass is 9.84. The van der Waals surface area contributed by atoms with Gasteiger partial charge in [0.15, 0.2) is 5.54 Å². The van der Waals surface area contributed by atoms with Crippen LogP contribution in [0.5, 0.6) is 0 Å². The third-order valence-electron chi connectivity index (χ3n) is 8.65. The Morgan fingerprint density at radius 1 is 1.00 bits per heavy atom. The Labute approximate surface area is 317 Å². The predicted octanol–water partition coefficient (Wildman–Crippen LogP) is 7.05. The van der Waals surface area contributed by atoms with Crippen LogP contribution < -0.4 is 11.1 Å². The molecule has 272 valence electrons. The second kappa shape index (κ2) is 18.0. The van der Waals surface area contributed by atoms with Gasteiger partial charge in [-0.2, -0.15) is 0 Å². The average Bonchev–Trinajstić information content (AvgIpc) is 3.80. The van der Waals surface area contributed by atoms with Gasteiger partial charge in [-0.15, -0.1) is 34.9 Å². The lowest BCUT2D eigenvalue weighted by Gasteiger charge is -2.35. The number of carboxylic acid groups (broad SMARTS) is 1. The molecule has 52 heavy (non-hydrogen) atoms. The molecule has 3 aromatic carbocycles. The Morgan fingerprint density at radius 2 is 1.58 bits per heavy atom. The minimum Gasteiger partial charge on any atom is -0.479 e. The molecule has 3 atom stereocenters. The summed E-state index contributed by atoms with van der Waals surface area (Å²) in [5, 5.41) is 15.4. The third-order valence-corrected chi connectivity index (χ3v) is 12.4. The molecule has 4 N–H and O–H groups in total. The molecule has 0 spiro atoms. The number of nitrogens with two attached hydrogens (primary N) is 1. The number of benzene rings is 3. The van der Waals surface area contributed by atoms with E-state index < -0.39 is 34.4 Å². The summed E-state index contributed by atoms with van der Waals surface area (Å²) in [6.07, 6.45) is 3.50. The number of nitrogens with zero attached hydrogens (tertiary/aromatic N) is 2. The second-order valence-corrected chi connectivity index (χ2v) is 16.2. The molecule has 9 nitrogen and oxygen atoms in total. The summed E-state index contributed by atoms with van der Waals surface area (Å²) in [5.41, 5.74) is 9.04. The Kier molecular flexibility index (Phi) is 13.5. The van der Waals surface area contributed by atoms with Gasteiger partial charge in [0.05, 0.1) is 17.7 Å². The standard InChI is InChI=1S/C40H44N4O5S3/c1-27(2)35(41)37(46)49-31(23-33(45)42-24-34-43-32(25-50-34)36-44-39(3,26-51-36)38(47)48)21-13-14-22-52-40(28-15-7-4-8-16-28,29-17-9-5-10-18-29)30-19-11-6-12-20-30/h4-13,15-21,25,27,31,35H,14,22-24,26,41H2,1-3H3,(H,42,45)(H,47,48)/b21-13+/t31-,35+,39+/m1/s1. The first-order valence-electron chi connectivity index (χ1n) is 17.1. The molecule has 1 aliphatic rings. The lowest BCUT2D eigenvalue weighted by Crippen LogP contribution is -2.39. The van der Waals surface area contributed by atoms with E-state index in [1.54, 1.807) is 13.0 Å². The van der Waals surface area contributed by atoms with Gasteiger partial charge in [-0.05, 0) is 47.8 Å². The third kappa shape index (κ3) is 9.60. The van der Waals surface area contributed by atoms with Gasteiger partial charge in [0.2, 0.25) is 5.91 Å². The molecule has 2 heterocycles. The number of aromatic nitrogens is 1. The van der Waals surface area contributed by atoms with E-state index in [-0.39, 0.29) is 24.8 Å². The summed E-state index contributed by atoms with van der Waals surface area (Å²) in [7, 11) is 0. The minimum atomic E-state index is -1.18. The molecule has 4 aromatic rings. The van der Waals surface area contributed by atoms with Crippen molar-refractivity contribution in [2.24, 2.45) is 16.6 Å². The number of nitrogens with one attached hydrogen (secondary N) is 1. The van der Waals surface area contributed by atoms with Gasteiger partial charge < -0.3 is 20.9 Å². The lowest BCUT2D eigenvalue weighted by molar-refractivity contribution is -0.150. The number of carbonyl (C=O) groups is 3. The quantitative estimate of drug-likeness (QED) is 0.0447. The summed E-state index contributed by atoms with van der Waals surface area (Å²) in [4.78, 5) is 46.5. The van der Waals surface area contributed by atoms with E-state index >= 15 is 0 Å². The van der Waals surface area contributed by atoms with Crippen molar-refractivity contribution >= 4 is 57.8 Å². The van der Waals surface area contributed by atoms with Crippen LogP contribution in [0.25, 0.3) is 0 Å². The normalized spacial score (nSPS) is 17.1. The molecule has 12 heteroatoms. The number of thioether (sulfide) groups is 2. The molecular weight excluding hydrogens is 713 g/mol. The highest BCUT2D eigenvalue weighted by Gasteiger charge is 2.39. The van der Waals surface area contributed by atoms with Crippen LogP contribution in [0.2, 0.25) is 0 Å². The number of carboxylic acids is 1. The number of aliphatic carboxylic acids is 1. The maximum absolute atomic E-state index is 13.1. The maximum Gasteiger partial charge on any atom is 0.332 e. The Hall–Kier alpha value is -4.23. The van der Waals surface area contributed by atoms with Crippen LogP contribution >= 0.6 is 34.9 Å². The van der Waals surface area contributed by atoms with Crippen molar-refractivity contribution < 1.29 is 24.2 Å². The zero-order valence-corrected chi connectivity index (χ0v) is 31.9. The molecular formula is C40H44N4O5S3. The van der Waals surface area contributed by atoms with Crippen LogP contribution in [0, 0.1) is 5.92 Å². The number of thiazole rings is 1. The molecule has 0 unspecified atom stereocenters. The first-order chi connectivity index (χ1) is 25.0. The monoisotopic (exact) mass is 756 g/mol. The zero-order valence-electron chi connectivity index (χ0n) is 29.4. The zero-order chi connectivity index (χ0) is 37.1. The van der Waals surface area contributed by atoms with E-state index in [4.69, 9.17) is 10.5 Å². The first kappa shape index (κ1) is 39.0. The van der Waals surface area contributed by atoms with Crippen molar-refractivity contribution in [1.82, 2.24) is 10.3 Å². The Bertz CT molecular complexity index is 1770. The summed E-state index contributed by atoms with van der Waals surface area (Å²) >= 11 is 4.54. The van der Waals surface area contributed by atoms with Crippen LogP contribution in [-0.2, 0) is 30.4 Å². The minimum absolute atomic E-state index is 0.0834. The van der Waals surface area contributed by atoms with Crippen molar-refractivity contribution in [3.8, 4) is 0 Å². The molecule has 0 saturated heterocycles. The summed E-state index contributed by atoms with van der Waals surface area (Å²) < 4.78 is 5.31. The maximum atomic E-state index is 13.1. The van der Waals surface area contributed by atoms with Gasteiger partial charge in [-0.25, -0.2) is 9.78 Å². The largest absolute Gasteiger partial charge is 0.479 e. The number of amides is 1.